The number of aromatic amines is 1. The molecule has 0 aliphatic heterocycles. The van der Waals surface area contributed by atoms with Gasteiger partial charge in [0.2, 0.25) is 0 Å². The Morgan fingerprint density at radius 3 is 2.92 bits per heavy atom. The summed E-state index contributed by atoms with van der Waals surface area (Å²) < 4.78 is 13.2. The van der Waals surface area contributed by atoms with Crippen LogP contribution in [0.5, 0.6) is 0 Å². The molecule has 1 aliphatic carbocycles. The van der Waals surface area contributed by atoms with E-state index in [9.17, 15) is 4.39 Å². The summed E-state index contributed by atoms with van der Waals surface area (Å²) in [6.45, 7) is 0. The number of rotatable bonds is 1. The van der Waals surface area contributed by atoms with Gasteiger partial charge in [-0.25, -0.2) is 4.39 Å². The highest BCUT2D eigenvalue weighted by molar-refractivity contribution is 5.84. The van der Waals surface area contributed by atoms with Crippen molar-refractivity contribution in [1.82, 2.24) is 4.98 Å². The molecule has 0 bridgehead atoms. The van der Waals surface area contributed by atoms with E-state index in [-0.39, 0.29) is 5.82 Å². The zero-order valence-corrected chi connectivity index (χ0v) is 7.18. The second-order valence-corrected chi connectivity index (χ2v) is 3.68. The van der Waals surface area contributed by atoms with Gasteiger partial charge in [-0.1, -0.05) is 12.1 Å². The zero-order valence-electron chi connectivity index (χ0n) is 7.18. The van der Waals surface area contributed by atoms with E-state index in [1.165, 1.54) is 24.6 Å². The Morgan fingerprint density at radius 2 is 2.15 bits per heavy atom. The molecule has 0 amide bonds. The molecule has 66 valence electrons. The maximum Gasteiger partial charge on any atom is 0.148 e. The van der Waals surface area contributed by atoms with Crippen molar-refractivity contribution in [3.63, 3.8) is 0 Å². The first-order valence-corrected chi connectivity index (χ1v) is 4.62. The summed E-state index contributed by atoms with van der Waals surface area (Å²) in [5.41, 5.74) is 2.27. The summed E-state index contributed by atoms with van der Waals surface area (Å²) in [7, 11) is 0. The van der Waals surface area contributed by atoms with Gasteiger partial charge in [-0.3, -0.25) is 0 Å². The van der Waals surface area contributed by atoms with Crippen molar-refractivity contribution >= 4 is 10.9 Å². The highest BCUT2D eigenvalue weighted by atomic mass is 19.1. The molecule has 1 heterocycles. The first-order chi connectivity index (χ1) is 6.36. The van der Waals surface area contributed by atoms with Crippen LogP contribution in [0.3, 0.4) is 0 Å². The number of H-pyrrole nitrogens is 1. The summed E-state index contributed by atoms with van der Waals surface area (Å²) in [6, 6.07) is 5.86. The Balaban J connectivity index is 2.33. The number of hydrogen-bond acceptors (Lipinski definition) is 0. The van der Waals surface area contributed by atoms with Crippen LogP contribution in [0, 0.1) is 5.82 Å². The van der Waals surface area contributed by atoms with Crippen LogP contribution in [-0.2, 0) is 0 Å². The highest BCUT2D eigenvalue weighted by Gasteiger charge is 2.25. The minimum atomic E-state index is -0.141. The Kier molecular flexibility index (Phi) is 1.29. The third-order valence-electron chi connectivity index (χ3n) is 2.71. The predicted molar refractivity (Wildman–Crippen MR) is 50.2 cm³/mol. The molecule has 0 atom stereocenters. The lowest BCUT2D eigenvalue weighted by molar-refractivity contribution is 0.639. The van der Waals surface area contributed by atoms with E-state index in [0.717, 1.165) is 10.9 Å². The standard InChI is InChI=1S/C11H10FN/c12-10-6-13-11-8(7-4-5-7)2-1-3-9(10)11/h1-3,6-7,13H,4-5H2. The lowest BCUT2D eigenvalue weighted by Crippen LogP contribution is -1.81. The number of nitrogens with one attached hydrogen (secondary N) is 1. The molecule has 3 rings (SSSR count). The normalized spacial score (nSPS) is 16.7. The van der Waals surface area contributed by atoms with Gasteiger partial charge in [0.05, 0.1) is 5.52 Å². The van der Waals surface area contributed by atoms with Crippen molar-refractivity contribution in [2.24, 2.45) is 0 Å². The SMILES string of the molecule is Fc1c[nH]c2c(C3CC3)cccc12. The summed E-state index contributed by atoms with van der Waals surface area (Å²) in [5.74, 6) is 0.527. The third-order valence-corrected chi connectivity index (χ3v) is 2.71. The average Bonchev–Trinajstić information content (AvgIpc) is 2.92. The molecule has 0 unspecified atom stereocenters. The Bertz CT molecular complexity index is 454. The Morgan fingerprint density at radius 1 is 1.31 bits per heavy atom. The number of aromatic nitrogens is 1. The summed E-state index contributed by atoms with van der Waals surface area (Å²) in [5, 5.41) is 0.726. The van der Waals surface area contributed by atoms with Gasteiger partial charge >= 0.3 is 0 Å². The Hall–Kier alpha value is -1.31. The summed E-state index contributed by atoms with van der Waals surface area (Å²) in [6.07, 6.45) is 3.94. The van der Waals surface area contributed by atoms with Crippen molar-refractivity contribution in [2.75, 3.05) is 0 Å². The van der Waals surface area contributed by atoms with Gasteiger partial charge in [0.1, 0.15) is 5.82 Å². The molecule has 2 heteroatoms. The van der Waals surface area contributed by atoms with Crippen LogP contribution in [0.25, 0.3) is 10.9 Å². The van der Waals surface area contributed by atoms with Crippen molar-refractivity contribution in [3.05, 3.63) is 35.8 Å². The van der Waals surface area contributed by atoms with E-state index in [4.69, 9.17) is 0 Å². The van der Waals surface area contributed by atoms with Crippen molar-refractivity contribution in [1.29, 1.82) is 0 Å². The number of halogens is 1. The van der Waals surface area contributed by atoms with Crippen molar-refractivity contribution < 1.29 is 4.39 Å². The molecule has 0 saturated heterocycles. The molecule has 1 aromatic heterocycles. The molecular formula is C11H10FN. The van der Waals surface area contributed by atoms with E-state index in [1.807, 2.05) is 12.1 Å². The minimum Gasteiger partial charge on any atom is -0.358 e. The quantitative estimate of drug-likeness (QED) is 0.685. The third kappa shape index (κ3) is 0.981. The van der Waals surface area contributed by atoms with Crippen LogP contribution in [-0.4, -0.2) is 4.98 Å². The minimum absolute atomic E-state index is 0.141. The van der Waals surface area contributed by atoms with Crippen LogP contribution in [0.15, 0.2) is 24.4 Å². The topological polar surface area (TPSA) is 15.8 Å². The fourth-order valence-corrected chi connectivity index (χ4v) is 1.88. The van der Waals surface area contributed by atoms with Gasteiger partial charge in [0, 0.05) is 11.6 Å². The molecule has 1 aliphatic rings. The van der Waals surface area contributed by atoms with Crippen LogP contribution >= 0.6 is 0 Å². The molecule has 2 aromatic rings. The van der Waals surface area contributed by atoms with E-state index < -0.39 is 0 Å². The van der Waals surface area contributed by atoms with E-state index in [2.05, 4.69) is 11.1 Å². The predicted octanol–water partition coefficient (Wildman–Crippen LogP) is 3.18. The highest BCUT2D eigenvalue weighted by Crippen LogP contribution is 2.42. The maximum atomic E-state index is 13.2. The lowest BCUT2D eigenvalue weighted by Gasteiger charge is -1.99. The summed E-state index contributed by atoms with van der Waals surface area (Å²) in [4.78, 5) is 3.00. The molecule has 1 fully saturated rings. The lowest BCUT2D eigenvalue weighted by atomic mass is 10.1. The van der Waals surface area contributed by atoms with Gasteiger partial charge in [-0.15, -0.1) is 0 Å². The van der Waals surface area contributed by atoms with E-state index in [1.54, 1.807) is 0 Å². The molecule has 0 radical (unpaired) electrons. The van der Waals surface area contributed by atoms with Crippen LogP contribution in [0.2, 0.25) is 0 Å². The molecule has 1 nitrogen and oxygen atoms in total. The monoisotopic (exact) mass is 175 g/mol. The fraction of sp³-hybridized carbons (Fsp3) is 0.273. The van der Waals surface area contributed by atoms with Gasteiger partial charge in [-0.2, -0.15) is 0 Å². The molecule has 0 spiro atoms. The number of hydrogen-bond donors (Lipinski definition) is 1. The molecule has 1 saturated carbocycles. The zero-order chi connectivity index (χ0) is 8.84. The molecular weight excluding hydrogens is 165 g/mol. The largest absolute Gasteiger partial charge is 0.358 e. The second kappa shape index (κ2) is 2.34. The smallest absolute Gasteiger partial charge is 0.148 e. The summed E-state index contributed by atoms with van der Waals surface area (Å²) >= 11 is 0. The fourth-order valence-electron chi connectivity index (χ4n) is 1.88. The van der Waals surface area contributed by atoms with E-state index in [0.29, 0.717) is 5.92 Å². The molecule has 1 aromatic carbocycles. The molecule has 13 heavy (non-hydrogen) atoms. The van der Waals surface area contributed by atoms with Crippen LogP contribution in [0.4, 0.5) is 4.39 Å². The first kappa shape index (κ1) is 7.13. The van der Waals surface area contributed by atoms with Crippen molar-refractivity contribution in [2.45, 2.75) is 18.8 Å². The van der Waals surface area contributed by atoms with Crippen LogP contribution < -0.4 is 0 Å². The molecule has 1 N–H and O–H groups in total. The number of benzene rings is 1. The van der Waals surface area contributed by atoms with Gasteiger partial charge in [0.15, 0.2) is 0 Å². The van der Waals surface area contributed by atoms with Gasteiger partial charge < -0.3 is 4.98 Å². The first-order valence-electron chi connectivity index (χ1n) is 4.62. The number of fused-ring (bicyclic) bond motifs is 1. The van der Waals surface area contributed by atoms with Gasteiger partial charge in [0.25, 0.3) is 0 Å². The Labute approximate surface area is 75.6 Å². The second-order valence-electron chi connectivity index (χ2n) is 3.68. The van der Waals surface area contributed by atoms with Gasteiger partial charge in [-0.05, 0) is 30.4 Å². The van der Waals surface area contributed by atoms with Crippen LogP contribution in [0.1, 0.15) is 24.3 Å². The number of para-hydroxylation sites is 1. The van der Waals surface area contributed by atoms with E-state index >= 15 is 0 Å². The average molecular weight is 175 g/mol. The maximum absolute atomic E-state index is 13.2. The van der Waals surface area contributed by atoms with Crippen molar-refractivity contribution in [3.8, 4) is 0 Å².